The molecule has 3 aromatic rings. The minimum atomic E-state index is -0.904. The first kappa shape index (κ1) is 22.3. The van der Waals surface area contributed by atoms with Gasteiger partial charge in [-0.25, -0.2) is 4.79 Å². The summed E-state index contributed by atoms with van der Waals surface area (Å²) in [6, 6.07) is 17.5. The Morgan fingerprint density at radius 3 is 2.24 bits per heavy atom. The maximum absolute atomic E-state index is 12.6. The van der Waals surface area contributed by atoms with Crippen LogP contribution in [-0.4, -0.2) is 19.0 Å². The molecule has 0 bridgehead atoms. The molecule has 3 rings (SSSR count). The number of amides is 1. The van der Waals surface area contributed by atoms with E-state index in [0.717, 1.165) is 16.0 Å². The first-order valence-electron chi connectivity index (χ1n) is 8.77. The van der Waals surface area contributed by atoms with Crippen LogP contribution < -0.4 is 5.32 Å². The second kappa shape index (κ2) is 9.98. The molecule has 1 N–H and O–H groups in total. The van der Waals surface area contributed by atoms with Crippen LogP contribution in [0.5, 0.6) is 0 Å². The molecule has 0 saturated carbocycles. The third-order valence-electron chi connectivity index (χ3n) is 4.26. The van der Waals surface area contributed by atoms with Gasteiger partial charge < -0.3 is 14.5 Å². The van der Waals surface area contributed by atoms with Gasteiger partial charge in [0.15, 0.2) is 16.9 Å². The quantitative estimate of drug-likeness (QED) is 0.556. The Bertz CT molecular complexity index is 961. The highest BCUT2D eigenvalue weighted by atomic mass is 32.2. The summed E-state index contributed by atoms with van der Waals surface area (Å²) >= 11 is 1.47. The van der Waals surface area contributed by atoms with E-state index >= 15 is 0 Å². The molecule has 0 spiro atoms. The predicted molar refractivity (Wildman–Crippen MR) is 114 cm³/mol. The summed E-state index contributed by atoms with van der Waals surface area (Å²) in [5.74, 6) is -0.887. The number of esters is 1. The Kier molecular flexibility index (Phi) is 7.67. The lowest BCUT2D eigenvalue weighted by molar-refractivity contribution is -0.143. The zero-order valence-corrected chi connectivity index (χ0v) is 16.7. The molecule has 0 aliphatic carbocycles. The molecule has 152 valence electrons. The van der Waals surface area contributed by atoms with Crippen LogP contribution >= 0.6 is 11.8 Å². The van der Waals surface area contributed by atoms with Gasteiger partial charge in [-0.1, -0.05) is 67.7 Å². The van der Waals surface area contributed by atoms with E-state index in [1.54, 1.807) is 36.4 Å². The van der Waals surface area contributed by atoms with Gasteiger partial charge >= 0.3 is 5.97 Å². The van der Waals surface area contributed by atoms with Crippen molar-refractivity contribution in [3.05, 3.63) is 83.1 Å². The maximum atomic E-state index is 12.6. The summed E-state index contributed by atoms with van der Waals surface area (Å²) < 4.78 is 10.5. The summed E-state index contributed by atoms with van der Waals surface area (Å²) in [6.45, 7) is 4.07. The number of methoxy groups -OCH3 is 1. The van der Waals surface area contributed by atoms with Crippen LogP contribution in [0.3, 0.4) is 0 Å². The Morgan fingerprint density at radius 1 is 0.966 bits per heavy atom. The second-order valence-electron chi connectivity index (χ2n) is 6.28. The van der Waals surface area contributed by atoms with E-state index in [-0.39, 0.29) is 13.2 Å². The molecule has 1 heterocycles. The number of benzene rings is 2. The van der Waals surface area contributed by atoms with Gasteiger partial charge in [-0.3, -0.25) is 4.79 Å². The van der Waals surface area contributed by atoms with E-state index in [9.17, 15) is 9.59 Å². The third kappa shape index (κ3) is 5.29. The molecule has 0 aliphatic rings. The minimum Gasteiger partial charge on any atom is -0.467 e. The molecule has 0 saturated heterocycles. The number of aryl methyl sites for hydroxylation is 2. The van der Waals surface area contributed by atoms with Gasteiger partial charge in [0, 0.05) is 4.90 Å². The molecule has 6 heteroatoms. The number of hydrogen-bond acceptors (Lipinski definition) is 5. The fraction of sp³-hybridized carbons (Fsp3) is 0.217. The Balaban J connectivity index is 0.00000300. The first-order chi connectivity index (χ1) is 13.5. The number of hydrogen-bond donors (Lipinski definition) is 1. The SMILES string of the molecule is C.COC(=O)C(NC(=O)c1ccc(Sc2c(C)cccc2C)o1)c1ccccc1. The number of furan rings is 1. The molecule has 0 fully saturated rings. The molecule has 2 aromatic carbocycles. The average Bonchev–Trinajstić information content (AvgIpc) is 3.18. The van der Waals surface area contributed by atoms with Crippen molar-refractivity contribution in [3.63, 3.8) is 0 Å². The fourth-order valence-electron chi connectivity index (χ4n) is 2.80. The zero-order chi connectivity index (χ0) is 20.1. The summed E-state index contributed by atoms with van der Waals surface area (Å²) in [4.78, 5) is 25.9. The number of carbonyl (C=O) groups excluding carboxylic acids is 2. The Hall–Kier alpha value is -2.99. The van der Waals surface area contributed by atoms with Gasteiger partial charge in [-0.05, 0) is 42.7 Å². The Labute approximate surface area is 175 Å². The smallest absolute Gasteiger partial charge is 0.333 e. The molecule has 5 nitrogen and oxygen atoms in total. The summed E-state index contributed by atoms with van der Waals surface area (Å²) in [5.41, 5.74) is 2.92. The van der Waals surface area contributed by atoms with Crippen molar-refractivity contribution in [1.82, 2.24) is 5.32 Å². The van der Waals surface area contributed by atoms with Gasteiger partial charge in [-0.2, -0.15) is 0 Å². The van der Waals surface area contributed by atoms with E-state index in [2.05, 4.69) is 5.32 Å². The normalized spacial score (nSPS) is 11.3. The lowest BCUT2D eigenvalue weighted by atomic mass is 10.1. The van der Waals surface area contributed by atoms with Gasteiger partial charge in [0.05, 0.1) is 7.11 Å². The molecule has 1 aromatic heterocycles. The van der Waals surface area contributed by atoms with E-state index < -0.39 is 17.9 Å². The molecule has 1 atom stereocenters. The summed E-state index contributed by atoms with van der Waals surface area (Å²) in [7, 11) is 1.29. The van der Waals surface area contributed by atoms with Crippen LogP contribution in [0.2, 0.25) is 0 Å². The van der Waals surface area contributed by atoms with Crippen molar-refractivity contribution in [3.8, 4) is 0 Å². The van der Waals surface area contributed by atoms with Crippen molar-refractivity contribution in [2.24, 2.45) is 0 Å². The molecular weight excluding hydrogens is 386 g/mol. The van der Waals surface area contributed by atoms with Gasteiger partial charge in [-0.15, -0.1) is 0 Å². The minimum absolute atomic E-state index is 0. The lowest BCUT2D eigenvalue weighted by Gasteiger charge is -2.16. The molecule has 1 unspecified atom stereocenters. The molecular formula is C23H25NO4S. The lowest BCUT2D eigenvalue weighted by Crippen LogP contribution is -2.34. The number of nitrogens with one attached hydrogen (secondary N) is 1. The second-order valence-corrected chi connectivity index (χ2v) is 7.30. The van der Waals surface area contributed by atoms with Crippen LogP contribution in [-0.2, 0) is 9.53 Å². The van der Waals surface area contributed by atoms with E-state index in [1.165, 1.54) is 18.9 Å². The van der Waals surface area contributed by atoms with Crippen molar-refractivity contribution in [2.75, 3.05) is 7.11 Å². The zero-order valence-electron chi connectivity index (χ0n) is 15.9. The largest absolute Gasteiger partial charge is 0.467 e. The van der Waals surface area contributed by atoms with Crippen LogP contribution in [0, 0.1) is 13.8 Å². The van der Waals surface area contributed by atoms with Crippen molar-refractivity contribution >= 4 is 23.6 Å². The Morgan fingerprint density at radius 2 is 1.62 bits per heavy atom. The van der Waals surface area contributed by atoms with E-state index in [0.29, 0.717) is 10.7 Å². The highest BCUT2D eigenvalue weighted by Gasteiger charge is 2.25. The van der Waals surface area contributed by atoms with Crippen molar-refractivity contribution < 1.29 is 18.7 Å². The molecule has 0 aliphatic heterocycles. The third-order valence-corrected chi connectivity index (χ3v) is 5.53. The molecule has 29 heavy (non-hydrogen) atoms. The topological polar surface area (TPSA) is 68.5 Å². The molecule has 1 amide bonds. The maximum Gasteiger partial charge on any atom is 0.333 e. The van der Waals surface area contributed by atoms with Gasteiger partial charge in [0.25, 0.3) is 5.91 Å². The van der Waals surface area contributed by atoms with E-state index in [1.807, 2.05) is 38.1 Å². The van der Waals surface area contributed by atoms with Gasteiger partial charge in [0.2, 0.25) is 0 Å². The number of ether oxygens (including phenoxy) is 1. The highest BCUT2D eigenvalue weighted by Crippen LogP contribution is 2.34. The van der Waals surface area contributed by atoms with Crippen molar-refractivity contribution in [2.45, 2.75) is 37.3 Å². The summed E-state index contributed by atoms with van der Waals surface area (Å²) in [5, 5.41) is 3.29. The van der Waals surface area contributed by atoms with Crippen LogP contribution in [0.1, 0.15) is 40.7 Å². The van der Waals surface area contributed by atoms with E-state index in [4.69, 9.17) is 9.15 Å². The van der Waals surface area contributed by atoms with Crippen molar-refractivity contribution in [1.29, 1.82) is 0 Å². The average molecular weight is 412 g/mol. The summed E-state index contributed by atoms with van der Waals surface area (Å²) in [6.07, 6.45) is 0. The van der Waals surface area contributed by atoms with Gasteiger partial charge in [0.1, 0.15) is 0 Å². The fourth-order valence-corrected chi connectivity index (χ4v) is 3.73. The molecule has 0 radical (unpaired) electrons. The number of carbonyl (C=O) groups is 2. The van der Waals surface area contributed by atoms with Crippen LogP contribution in [0.25, 0.3) is 0 Å². The monoisotopic (exact) mass is 411 g/mol. The van der Waals surface area contributed by atoms with Crippen LogP contribution in [0.15, 0.2) is 75.1 Å². The first-order valence-corrected chi connectivity index (χ1v) is 9.59. The highest BCUT2D eigenvalue weighted by molar-refractivity contribution is 7.99. The standard InChI is InChI=1S/C22H21NO4S.CH4/c1-14-8-7-9-15(2)20(14)28-18-13-12-17(27-18)21(24)23-19(22(25)26-3)16-10-5-4-6-11-16;/h4-13,19H,1-3H3,(H,23,24);1H4. The predicted octanol–water partition coefficient (Wildman–Crippen LogP) is 5.33. The van der Waals surface area contributed by atoms with Crippen LogP contribution in [0.4, 0.5) is 0 Å². The number of rotatable bonds is 6.